The van der Waals surface area contributed by atoms with Crippen LogP contribution in [0, 0.1) is 12.3 Å². The number of aromatic nitrogens is 1. The zero-order chi connectivity index (χ0) is 29.0. The number of aryl methyl sites for hydroxylation is 2. The topological polar surface area (TPSA) is 37.6 Å². The Kier molecular flexibility index (Phi) is 8.76. The molecule has 1 fully saturated rings. The predicted octanol–water partition coefficient (Wildman–Crippen LogP) is 8.13. The summed E-state index contributed by atoms with van der Waals surface area (Å²) in [5.74, 6) is -0.219. The van der Waals surface area contributed by atoms with Gasteiger partial charge < -0.3 is 14.4 Å². The number of benzene rings is 3. The van der Waals surface area contributed by atoms with Crippen molar-refractivity contribution in [2.45, 2.75) is 65.4 Å². The molecule has 0 bridgehead atoms. The maximum atomic E-state index is 12.7. The number of hydrogen-bond acceptors (Lipinski definition) is 3. The van der Waals surface area contributed by atoms with E-state index in [9.17, 15) is 18.3 Å². The second-order valence-corrected chi connectivity index (χ2v) is 11.6. The van der Waals surface area contributed by atoms with Crippen LogP contribution in [0.2, 0.25) is 0 Å². The first-order chi connectivity index (χ1) is 19.7. The van der Waals surface area contributed by atoms with Gasteiger partial charge in [0.2, 0.25) is 0 Å². The molecule has 2 heterocycles. The molecule has 1 aliphatic rings. The molecule has 1 saturated heterocycles. The van der Waals surface area contributed by atoms with Crippen LogP contribution in [0.1, 0.15) is 49.3 Å². The Morgan fingerprint density at radius 2 is 1.71 bits per heavy atom. The monoisotopic (exact) mass is 564 g/mol. The minimum Gasteiger partial charge on any atom is -0.406 e. The second-order valence-electron chi connectivity index (χ2n) is 11.6. The smallest absolute Gasteiger partial charge is 0.406 e. The summed E-state index contributed by atoms with van der Waals surface area (Å²) in [7, 11) is 0. The average molecular weight is 565 g/mol. The second kappa shape index (κ2) is 12.3. The summed E-state index contributed by atoms with van der Waals surface area (Å²) in [4.78, 5) is 2.46. The van der Waals surface area contributed by atoms with Gasteiger partial charge in [-0.2, -0.15) is 0 Å². The minimum atomic E-state index is -4.71. The Morgan fingerprint density at radius 3 is 2.37 bits per heavy atom. The molecule has 0 saturated carbocycles. The van der Waals surface area contributed by atoms with Crippen molar-refractivity contribution in [1.82, 2.24) is 9.47 Å². The number of fused-ring (bicyclic) bond motifs is 1. The molecule has 5 rings (SSSR count). The Morgan fingerprint density at radius 1 is 0.951 bits per heavy atom. The first-order valence-electron chi connectivity index (χ1n) is 14.5. The molecule has 1 aromatic heterocycles. The molecular formula is C34H39F3N2O2. The van der Waals surface area contributed by atoms with Crippen LogP contribution >= 0.6 is 0 Å². The Labute approximate surface area is 240 Å². The molecule has 0 spiro atoms. The molecule has 0 atom stereocenters. The number of nitrogens with zero attached hydrogens (tertiary/aromatic N) is 2. The van der Waals surface area contributed by atoms with Gasteiger partial charge >= 0.3 is 6.36 Å². The molecule has 0 amide bonds. The maximum absolute atomic E-state index is 12.7. The van der Waals surface area contributed by atoms with Crippen LogP contribution in [0.3, 0.4) is 0 Å². The zero-order valence-corrected chi connectivity index (χ0v) is 23.9. The molecule has 4 aromatic rings. The SMILES string of the molecule is CCCCn1cc(-c2ccc(OC(F)(F)F)cc2)c2cc(CN3CCC(CO)(Cc4cccc(C)c4)CC3)ccc21. The highest BCUT2D eigenvalue weighted by molar-refractivity contribution is 5.96. The molecule has 4 nitrogen and oxygen atoms in total. The third kappa shape index (κ3) is 7.14. The molecular weight excluding hydrogens is 525 g/mol. The third-order valence-electron chi connectivity index (χ3n) is 8.42. The number of alkyl halides is 3. The number of unbranched alkanes of at least 4 members (excludes halogenated alkanes) is 1. The zero-order valence-electron chi connectivity index (χ0n) is 23.9. The molecule has 7 heteroatoms. The summed E-state index contributed by atoms with van der Waals surface area (Å²) in [6.07, 6.45) is 2.32. The van der Waals surface area contributed by atoms with Crippen LogP contribution in [-0.4, -0.2) is 40.6 Å². The predicted molar refractivity (Wildman–Crippen MR) is 158 cm³/mol. The summed E-state index contributed by atoms with van der Waals surface area (Å²) in [6, 6.07) is 21.3. The van der Waals surface area contributed by atoms with Crippen LogP contribution < -0.4 is 4.74 Å². The van der Waals surface area contributed by atoms with E-state index in [1.165, 1.54) is 28.8 Å². The van der Waals surface area contributed by atoms with E-state index in [2.05, 4.69) is 76.7 Å². The van der Waals surface area contributed by atoms with E-state index in [1.807, 2.05) is 0 Å². The molecule has 1 N–H and O–H groups in total. The van der Waals surface area contributed by atoms with E-state index < -0.39 is 6.36 Å². The van der Waals surface area contributed by atoms with E-state index >= 15 is 0 Å². The van der Waals surface area contributed by atoms with Gasteiger partial charge in [-0.15, -0.1) is 13.2 Å². The lowest BCUT2D eigenvalue weighted by Gasteiger charge is -2.41. The highest BCUT2D eigenvalue weighted by atomic mass is 19.4. The Hall–Kier alpha value is -3.29. The number of aliphatic hydroxyl groups is 1. The van der Waals surface area contributed by atoms with E-state index in [0.717, 1.165) is 80.3 Å². The van der Waals surface area contributed by atoms with Crippen LogP contribution in [-0.2, 0) is 19.5 Å². The van der Waals surface area contributed by atoms with Crippen molar-refractivity contribution >= 4 is 10.9 Å². The normalized spacial score (nSPS) is 15.9. The number of aliphatic hydroxyl groups excluding tert-OH is 1. The van der Waals surface area contributed by atoms with E-state index in [0.29, 0.717) is 0 Å². The number of rotatable bonds is 10. The molecule has 0 aliphatic carbocycles. The Bertz CT molecular complexity index is 1450. The van der Waals surface area contributed by atoms with Crippen molar-refractivity contribution in [1.29, 1.82) is 0 Å². The number of hydrogen-bond donors (Lipinski definition) is 1. The summed E-state index contributed by atoms with van der Waals surface area (Å²) in [5.41, 5.74) is 6.65. The van der Waals surface area contributed by atoms with Gasteiger partial charge in [0.1, 0.15) is 5.75 Å². The van der Waals surface area contributed by atoms with Crippen LogP contribution in [0.5, 0.6) is 5.75 Å². The fourth-order valence-corrected chi connectivity index (χ4v) is 6.11. The standard InChI is InChI=1S/C34H39F3N2O2/c1-3-4-16-39-23-31(28-9-11-29(12-10-28)41-34(35,36)37)30-20-27(8-13-32(30)39)22-38-17-14-33(24-40,15-18-38)21-26-7-5-6-25(2)19-26/h5-13,19-20,23,40H,3-4,14-18,21-22,24H2,1-2H3. The van der Waals surface area contributed by atoms with E-state index in [4.69, 9.17) is 0 Å². The quantitative estimate of drug-likeness (QED) is 0.211. The lowest BCUT2D eigenvalue weighted by molar-refractivity contribution is -0.274. The van der Waals surface area contributed by atoms with Gasteiger partial charge in [0.15, 0.2) is 0 Å². The number of likely N-dealkylation sites (tertiary alicyclic amines) is 1. The number of piperidine rings is 1. The molecule has 0 unspecified atom stereocenters. The van der Waals surface area contributed by atoms with E-state index in [1.54, 1.807) is 12.1 Å². The van der Waals surface area contributed by atoms with Gasteiger partial charge in [-0.25, -0.2) is 0 Å². The largest absolute Gasteiger partial charge is 0.573 e. The summed E-state index contributed by atoms with van der Waals surface area (Å²) < 4.78 is 44.3. The van der Waals surface area contributed by atoms with Gasteiger partial charge in [-0.1, -0.05) is 61.4 Å². The minimum absolute atomic E-state index is 0.0834. The molecule has 3 aromatic carbocycles. The van der Waals surface area contributed by atoms with Crippen molar-refractivity contribution in [3.05, 3.63) is 89.6 Å². The van der Waals surface area contributed by atoms with Crippen LogP contribution in [0.4, 0.5) is 13.2 Å². The molecule has 41 heavy (non-hydrogen) atoms. The molecule has 0 radical (unpaired) electrons. The first kappa shape index (κ1) is 29.2. The number of ether oxygens (including phenoxy) is 1. The van der Waals surface area contributed by atoms with Crippen LogP contribution in [0.15, 0.2) is 72.9 Å². The van der Waals surface area contributed by atoms with Gasteiger partial charge in [-0.3, -0.25) is 4.90 Å². The fourth-order valence-electron chi connectivity index (χ4n) is 6.11. The van der Waals surface area contributed by atoms with Crippen molar-refractivity contribution < 1.29 is 23.0 Å². The summed E-state index contributed by atoms with van der Waals surface area (Å²) in [6.45, 7) is 8.02. The number of halogens is 3. The van der Waals surface area contributed by atoms with Gasteiger partial charge in [0.05, 0.1) is 0 Å². The Balaban J connectivity index is 1.34. The van der Waals surface area contributed by atoms with Crippen molar-refractivity contribution in [2.24, 2.45) is 5.41 Å². The summed E-state index contributed by atoms with van der Waals surface area (Å²) in [5, 5.41) is 11.5. The fraction of sp³-hybridized carbons (Fsp3) is 0.412. The highest BCUT2D eigenvalue weighted by Crippen LogP contribution is 2.37. The van der Waals surface area contributed by atoms with Crippen molar-refractivity contribution in [3.8, 4) is 16.9 Å². The first-order valence-corrected chi connectivity index (χ1v) is 14.5. The lowest BCUT2D eigenvalue weighted by Crippen LogP contribution is -2.42. The summed E-state index contributed by atoms with van der Waals surface area (Å²) >= 11 is 0. The van der Waals surface area contributed by atoms with Crippen molar-refractivity contribution in [3.63, 3.8) is 0 Å². The van der Waals surface area contributed by atoms with Crippen molar-refractivity contribution in [2.75, 3.05) is 19.7 Å². The van der Waals surface area contributed by atoms with Gasteiger partial charge in [-0.05, 0) is 92.1 Å². The molecule has 1 aliphatic heterocycles. The highest BCUT2D eigenvalue weighted by Gasteiger charge is 2.34. The van der Waals surface area contributed by atoms with Gasteiger partial charge in [0, 0.05) is 42.4 Å². The average Bonchev–Trinajstić information content (AvgIpc) is 3.30. The maximum Gasteiger partial charge on any atom is 0.573 e. The van der Waals surface area contributed by atoms with Crippen LogP contribution in [0.25, 0.3) is 22.0 Å². The molecule has 218 valence electrons. The van der Waals surface area contributed by atoms with E-state index in [-0.39, 0.29) is 17.8 Å². The third-order valence-corrected chi connectivity index (χ3v) is 8.42. The lowest BCUT2D eigenvalue weighted by atomic mass is 9.74. The van der Waals surface area contributed by atoms with Gasteiger partial charge in [0.25, 0.3) is 0 Å².